The molecule has 2 aromatic rings. The molecule has 0 unspecified atom stereocenters. The Balaban J connectivity index is 2.04. The molecule has 0 fully saturated rings. The molecule has 1 aromatic carbocycles. The number of hydrogen-bond acceptors (Lipinski definition) is 3. The first-order chi connectivity index (χ1) is 9.70. The minimum absolute atomic E-state index is 0.309. The molecule has 0 aliphatic carbocycles. The van der Waals surface area contributed by atoms with Gasteiger partial charge in [-0.25, -0.2) is 4.39 Å². The highest BCUT2D eigenvalue weighted by Gasteiger charge is 2.10. The van der Waals surface area contributed by atoms with Crippen molar-refractivity contribution in [1.82, 2.24) is 5.32 Å². The van der Waals surface area contributed by atoms with Gasteiger partial charge in [-0.2, -0.15) is 0 Å². The number of hydrogen-bond donors (Lipinski definition) is 1. The lowest BCUT2D eigenvalue weighted by atomic mass is 10.2. The first-order valence-electron chi connectivity index (χ1n) is 6.56. The summed E-state index contributed by atoms with van der Waals surface area (Å²) in [5.74, 6) is 0.0389. The van der Waals surface area contributed by atoms with Crippen molar-refractivity contribution in [2.24, 2.45) is 0 Å². The smallest absolute Gasteiger partial charge is 0.165 e. The summed E-state index contributed by atoms with van der Waals surface area (Å²) in [5, 5.41) is 3.27. The van der Waals surface area contributed by atoms with Crippen LogP contribution in [0.15, 0.2) is 34.1 Å². The van der Waals surface area contributed by atoms with E-state index in [0.717, 1.165) is 27.2 Å². The summed E-state index contributed by atoms with van der Waals surface area (Å²) in [6.07, 6.45) is 1.05. The number of benzene rings is 1. The lowest BCUT2D eigenvalue weighted by Gasteiger charge is -2.12. The maximum absolute atomic E-state index is 13.9. The molecule has 108 valence electrons. The summed E-state index contributed by atoms with van der Waals surface area (Å²) in [4.78, 5) is 1.06. The van der Waals surface area contributed by atoms with Crippen LogP contribution in [0.1, 0.15) is 23.8 Å². The zero-order valence-corrected chi connectivity index (χ0v) is 13.7. The van der Waals surface area contributed by atoms with Gasteiger partial charge in [-0.15, -0.1) is 11.3 Å². The van der Waals surface area contributed by atoms with Gasteiger partial charge in [-0.05, 0) is 47.1 Å². The summed E-state index contributed by atoms with van der Waals surface area (Å²) in [6, 6.07) is 8.99. The third-order valence-corrected chi connectivity index (χ3v) is 4.38. The number of para-hydroxylation sites is 1. The second kappa shape index (κ2) is 7.76. The molecule has 0 aliphatic rings. The van der Waals surface area contributed by atoms with Crippen molar-refractivity contribution in [3.8, 4) is 5.75 Å². The predicted octanol–water partition coefficient (Wildman–Crippen LogP) is 4.73. The maximum atomic E-state index is 13.9. The molecule has 0 amide bonds. The van der Waals surface area contributed by atoms with Crippen LogP contribution in [0.25, 0.3) is 0 Å². The fourth-order valence-corrected chi connectivity index (χ4v) is 3.22. The molecule has 1 aromatic heterocycles. The van der Waals surface area contributed by atoms with Gasteiger partial charge in [0.15, 0.2) is 11.6 Å². The fourth-order valence-electron chi connectivity index (χ4n) is 1.83. The standard InChI is InChI=1S/C15H17BrFNOS/c1-2-8-18-9-11-4-3-5-13(17)15(11)19-10-12-6-7-14(16)20-12/h3-7,18H,2,8-10H2,1H3. The Kier molecular flexibility index (Phi) is 6.01. The lowest BCUT2D eigenvalue weighted by Crippen LogP contribution is -2.15. The Morgan fingerprint density at radius 2 is 2.15 bits per heavy atom. The molecule has 2 rings (SSSR count). The third kappa shape index (κ3) is 4.30. The van der Waals surface area contributed by atoms with E-state index >= 15 is 0 Å². The molecule has 1 N–H and O–H groups in total. The lowest BCUT2D eigenvalue weighted by molar-refractivity contribution is 0.289. The predicted molar refractivity (Wildman–Crippen MR) is 84.7 cm³/mol. The number of ether oxygens (including phenoxy) is 1. The Morgan fingerprint density at radius 3 is 2.85 bits per heavy atom. The quantitative estimate of drug-likeness (QED) is 0.723. The highest BCUT2D eigenvalue weighted by atomic mass is 79.9. The second-order valence-corrected chi connectivity index (χ2v) is 6.95. The van der Waals surface area contributed by atoms with E-state index in [1.165, 1.54) is 6.07 Å². The van der Waals surface area contributed by atoms with Gasteiger partial charge in [0, 0.05) is 17.0 Å². The van der Waals surface area contributed by atoms with Crippen molar-refractivity contribution >= 4 is 27.3 Å². The van der Waals surface area contributed by atoms with Gasteiger partial charge in [0.05, 0.1) is 3.79 Å². The van der Waals surface area contributed by atoms with Crippen molar-refractivity contribution in [2.75, 3.05) is 6.54 Å². The van der Waals surface area contributed by atoms with E-state index in [2.05, 4.69) is 28.2 Å². The van der Waals surface area contributed by atoms with Gasteiger partial charge in [0.25, 0.3) is 0 Å². The summed E-state index contributed by atoms with van der Waals surface area (Å²) in [7, 11) is 0. The highest BCUT2D eigenvalue weighted by molar-refractivity contribution is 9.11. The van der Waals surface area contributed by atoms with Gasteiger partial charge in [0.2, 0.25) is 0 Å². The third-order valence-electron chi connectivity index (χ3n) is 2.78. The Bertz CT molecular complexity index is 559. The monoisotopic (exact) mass is 357 g/mol. The molecule has 0 radical (unpaired) electrons. The number of thiophene rings is 1. The molecular weight excluding hydrogens is 341 g/mol. The van der Waals surface area contributed by atoms with Crippen LogP contribution in [0.2, 0.25) is 0 Å². The Morgan fingerprint density at radius 1 is 1.30 bits per heavy atom. The van der Waals surface area contributed by atoms with Crippen molar-refractivity contribution in [1.29, 1.82) is 0 Å². The molecule has 0 bridgehead atoms. The van der Waals surface area contributed by atoms with Gasteiger partial charge >= 0.3 is 0 Å². The number of halogens is 2. The van der Waals surface area contributed by atoms with E-state index in [-0.39, 0.29) is 5.82 Å². The SMILES string of the molecule is CCCNCc1cccc(F)c1OCc1ccc(Br)s1. The van der Waals surface area contributed by atoms with Crippen molar-refractivity contribution < 1.29 is 9.13 Å². The second-order valence-electron chi connectivity index (χ2n) is 4.40. The molecule has 2 nitrogen and oxygen atoms in total. The van der Waals surface area contributed by atoms with Crippen LogP contribution in [-0.2, 0) is 13.2 Å². The van der Waals surface area contributed by atoms with Crippen LogP contribution in [0.5, 0.6) is 5.75 Å². The van der Waals surface area contributed by atoms with Gasteiger partial charge in [-0.3, -0.25) is 0 Å². The summed E-state index contributed by atoms with van der Waals surface area (Å²) in [5.41, 5.74) is 0.856. The molecule has 0 spiro atoms. The first-order valence-corrected chi connectivity index (χ1v) is 8.16. The Hall–Kier alpha value is -0.910. The number of nitrogens with one attached hydrogen (secondary N) is 1. The summed E-state index contributed by atoms with van der Waals surface area (Å²) >= 11 is 5.00. The van der Waals surface area contributed by atoms with E-state index in [4.69, 9.17) is 4.74 Å². The van der Waals surface area contributed by atoms with Crippen molar-refractivity contribution in [2.45, 2.75) is 26.5 Å². The first kappa shape index (κ1) is 15.5. The molecule has 0 aliphatic heterocycles. The number of rotatable bonds is 7. The minimum Gasteiger partial charge on any atom is -0.485 e. The van der Waals surface area contributed by atoms with E-state index in [1.54, 1.807) is 17.4 Å². The van der Waals surface area contributed by atoms with Crippen LogP contribution in [0.4, 0.5) is 4.39 Å². The van der Waals surface area contributed by atoms with E-state index in [0.29, 0.717) is 18.9 Å². The zero-order chi connectivity index (χ0) is 14.4. The van der Waals surface area contributed by atoms with E-state index in [1.807, 2.05) is 18.2 Å². The van der Waals surface area contributed by atoms with Gasteiger partial charge < -0.3 is 10.1 Å². The fraction of sp³-hybridized carbons (Fsp3) is 0.333. The van der Waals surface area contributed by atoms with Crippen LogP contribution < -0.4 is 10.1 Å². The zero-order valence-electron chi connectivity index (χ0n) is 11.3. The molecule has 0 saturated carbocycles. The van der Waals surface area contributed by atoms with Crippen LogP contribution in [0, 0.1) is 5.82 Å². The van der Waals surface area contributed by atoms with E-state index in [9.17, 15) is 4.39 Å². The average molecular weight is 358 g/mol. The van der Waals surface area contributed by atoms with Crippen LogP contribution in [-0.4, -0.2) is 6.54 Å². The van der Waals surface area contributed by atoms with Crippen molar-refractivity contribution in [3.63, 3.8) is 0 Å². The molecule has 0 saturated heterocycles. The molecular formula is C15H17BrFNOS. The largest absolute Gasteiger partial charge is 0.485 e. The van der Waals surface area contributed by atoms with E-state index < -0.39 is 0 Å². The average Bonchev–Trinajstić information content (AvgIpc) is 2.84. The Labute approximate surface area is 131 Å². The molecule has 5 heteroatoms. The summed E-state index contributed by atoms with van der Waals surface area (Å²) in [6.45, 7) is 4.02. The van der Waals surface area contributed by atoms with Gasteiger partial charge in [0.1, 0.15) is 6.61 Å². The summed E-state index contributed by atoms with van der Waals surface area (Å²) < 4.78 is 20.6. The normalized spacial score (nSPS) is 10.8. The van der Waals surface area contributed by atoms with Crippen LogP contribution >= 0.6 is 27.3 Å². The highest BCUT2D eigenvalue weighted by Crippen LogP contribution is 2.27. The minimum atomic E-state index is -0.309. The van der Waals surface area contributed by atoms with Crippen molar-refractivity contribution in [3.05, 3.63) is 50.4 Å². The maximum Gasteiger partial charge on any atom is 0.165 e. The molecule has 20 heavy (non-hydrogen) atoms. The van der Waals surface area contributed by atoms with Crippen LogP contribution in [0.3, 0.4) is 0 Å². The topological polar surface area (TPSA) is 21.3 Å². The molecule has 1 heterocycles. The van der Waals surface area contributed by atoms with Gasteiger partial charge in [-0.1, -0.05) is 19.1 Å². The molecule has 0 atom stereocenters.